The highest BCUT2D eigenvalue weighted by molar-refractivity contribution is 5.49. The minimum absolute atomic E-state index is 0.214. The van der Waals surface area contributed by atoms with Crippen LogP contribution in [0.4, 0.5) is 11.4 Å². The van der Waals surface area contributed by atoms with Crippen LogP contribution in [0.25, 0.3) is 0 Å². The Morgan fingerprint density at radius 1 is 1.21 bits per heavy atom. The van der Waals surface area contributed by atoms with Crippen LogP contribution in [0.1, 0.15) is 12.8 Å². The number of nitrogen functional groups attached to an aromatic ring is 1. The van der Waals surface area contributed by atoms with Crippen molar-refractivity contribution in [2.45, 2.75) is 12.8 Å². The SMILES string of the molecule is Nc1ccc(NOCCCCO)cc1. The summed E-state index contributed by atoms with van der Waals surface area (Å²) in [4.78, 5) is 5.16. The number of aliphatic hydroxyl groups is 1. The summed E-state index contributed by atoms with van der Waals surface area (Å²) in [7, 11) is 0. The molecular formula is C10H16N2O2. The van der Waals surface area contributed by atoms with E-state index in [4.69, 9.17) is 15.7 Å². The van der Waals surface area contributed by atoms with Crippen molar-refractivity contribution in [3.05, 3.63) is 24.3 Å². The molecule has 4 nitrogen and oxygen atoms in total. The van der Waals surface area contributed by atoms with E-state index in [0.717, 1.165) is 24.2 Å². The molecule has 14 heavy (non-hydrogen) atoms. The summed E-state index contributed by atoms with van der Waals surface area (Å²) in [5, 5.41) is 8.52. The topological polar surface area (TPSA) is 67.5 Å². The predicted octanol–water partition coefficient (Wildman–Crippen LogP) is 1.38. The monoisotopic (exact) mass is 196 g/mol. The first-order valence-electron chi connectivity index (χ1n) is 4.67. The first-order valence-corrected chi connectivity index (χ1v) is 4.67. The Balaban J connectivity index is 2.15. The van der Waals surface area contributed by atoms with Crippen LogP contribution < -0.4 is 11.2 Å². The normalized spacial score (nSPS) is 10.1. The Hall–Kier alpha value is -1.26. The van der Waals surface area contributed by atoms with Gasteiger partial charge in [-0.1, -0.05) is 0 Å². The molecule has 4 heteroatoms. The zero-order chi connectivity index (χ0) is 10.2. The van der Waals surface area contributed by atoms with E-state index in [-0.39, 0.29) is 6.61 Å². The molecule has 0 bridgehead atoms. The lowest BCUT2D eigenvalue weighted by Crippen LogP contribution is -2.03. The van der Waals surface area contributed by atoms with Crippen LogP contribution in [0, 0.1) is 0 Å². The molecule has 78 valence electrons. The number of aliphatic hydroxyl groups excluding tert-OH is 1. The number of rotatable bonds is 6. The molecule has 0 aliphatic heterocycles. The molecule has 0 heterocycles. The van der Waals surface area contributed by atoms with Crippen molar-refractivity contribution < 1.29 is 9.94 Å². The van der Waals surface area contributed by atoms with E-state index in [0.29, 0.717) is 6.61 Å². The third-order valence-electron chi connectivity index (χ3n) is 1.76. The summed E-state index contributed by atoms with van der Waals surface area (Å²) in [5.74, 6) is 0. The molecule has 0 aliphatic rings. The molecule has 0 spiro atoms. The van der Waals surface area contributed by atoms with Crippen LogP contribution in [0.2, 0.25) is 0 Å². The lowest BCUT2D eigenvalue weighted by molar-refractivity contribution is 0.177. The minimum atomic E-state index is 0.214. The number of unbranched alkanes of at least 4 members (excludes halogenated alkanes) is 1. The molecule has 0 saturated carbocycles. The van der Waals surface area contributed by atoms with E-state index in [1.165, 1.54) is 0 Å². The third-order valence-corrected chi connectivity index (χ3v) is 1.76. The zero-order valence-corrected chi connectivity index (χ0v) is 8.07. The van der Waals surface area contributed by atoms with Crippen molar-refractivity contribution in [1.82, 2.24) is 0 Å². The van der Waals surface area contributed by atoms with E-state index >= 15 is 0 Å². The Bertz CT molecular complexity index is 249. The van der Waals surface area contributed by atoms with Gasteiger partial charge in [0.15, 0.2) is 0 Å². The van der Waals surface area contributed by atoms with Crippen molar-refractivity contribution in [3.63, 3.8) is 0 Å². The third kappa shape index (κ3) is 4.11. The number of nitrogens with one attached hydrogen (secondary N) is 1. The number of anilines is 2. The van der Waals surface area contributed by atoms with Gasteiger partial charge in [0.1, 0.15) is 0 Å². The van der Waals surface area contributed by atoms with Crippen molar-refractivity contribution in [2.24, 2.45) is 0 Å². The van der Waals surface area contributed by atoms with Gasteiger partial charge >= 0.3 is 0 Å². The van der Waals surface area contributed by atoms with Gasteiger partial charge in [0, 0.05) is 12.3 Å². The Morgan fingerprint density at radius 2 is 1.93 bits per heavy atom. The molecule has 1 rings (SSSR count). The van der Waals surface area contributed by atoms with Crippen LogP contribution >= 0.6 is 0 Å². The van der Waals surface area contributed by atoms with Gasteiger partial charge in [-0.15, -0.1) is 0 Å². The van der Waals surface area contributed by atoms with Crippen molar-refractivity contribution in [2.75, 3.05) is 24.4 Å². The molecular weight excluding hydrogens is 180 g/mol. The first kappa shape index (κ1) is 10.8. The molecule has 4 N–H and O–H groups in total. The van der Waals surface area contributed by atoms with Gasteiger partial charge in [0.25, 0.3) is 0 Å². The Morgan fingerprint density at radius 3 is 2.57 bits per heavy atom. The van der Waals surface area contributed by atoms with E-state index in [1.54, 1.807) is 12.1 Å². The summed E-state index contributed by atoms with van der Waals surface area (Å²) in [6, 6.07) is 7.31. The summed E-state index contributed by atoms with van der Waals surface area (Å²) in [6.07, 6.45) is 1.61. The van der Waals surface area contributed by atoms with Crippen molar-refractivity contribution in [3.8, 4) is 0 Å². The van der Waals surface area contributed by atoms with Gasteiger partial charge in [-0.2, -0.15) is 0 Å². The van der Waals surface area contributed by atoms with Crippen LogP contribution in [0.3, 0.4) is 0 Å². The lowest BCUT2D eigenvalue weighted by Gasteiger charge is -2.06. The average Bonchev–Trinajstić information content (AvgIpc) is 2.21. The largest absolute Gasteiger partial charge is 0.399 e. The van der Waals surface area contributed by atoms with Gasteiger partial charge in [0.05, 0.1) is 12.3 Å². The maximum atomic E-state index is 8.52. The zero-order valence-electron chi connectivity index (χ0n) is 8.07. The van der Waals surface area contributed by atoms with Crippen LogP contribution in [0.15, 0.2) is 24.3 Å². The molecule has 0 radical (unpaired) electrons. The second-order valence-corrected chi connectivity index (χ2v) is 3.00. The Labute approximate surface area is 83.6 Å². The second kappa shape index (κ2) is 6.23. The summed E-state index contributed by atoms with van der Waals surface area (Å²) >= 11 is 0. The molecule has 0 unspecified atom stereocenters. The van der Waals surface area contributed by atoms with Crippen LogP contribution in [-0.4, -0.2) is 18.3 Å². The summed E-state index contributed by atoms with van der Waals surface area (Å²) in [6.45, 7) is 0.802. The van der Waals surface area contributed by atoms with Crippen molar-refractivity contribution >= 4 is 11.4 Å². The van der Waals surface area contributed by atoms with Crippen LogP contribution in [0.5, 0.6) is 0 Å². The van der Waals surface area contributed by atoms with Gasteiger partial charge in [-0.05, 0) is 37.1 Å². The maximum Gasteiger partial charge on any atom is 0.0746 e. The molecule has 0 aromatic heterocycles. The van der Waals surface area contributed by atoms with E-state index in [1.807, 2.05) is 12.1 Å². The maximum absolute atomic E-state index is 8.52. The highest BCUT2D eigenvalue weighted by Crippen LogP contribution is 2.10. The van der Waals surface area contributed by atoms with Crippen molar-refractivity contribution in [1.29, 1.82) is 0 Å². The first-order chi connectivity index (χ1) is 6.83. The van der Waals surface area contributed by atoms with Gasteiger partial charge in [-0.3, -0.25) is 10.3 Å². The molecule has 0 amide bonds. The van der Waals surface area contributed by atoms with Gasteiger partial charge in [-0.25, -0.2) is 0 Å². The van der Waals surface area contributed by atoms with Gasteiger partial charge in [0.2, 0.25) is 0 Å². The fraction of sp³-hybridized carbons (Fsp3) is 0.400. The van der Waals surface area contributed by atoms with Crippen LogP contribution in [-0.2, 0) is 4.84 Å². The number of hydrogen-bond donors (Lipinski definition) is 3. The van der Waals surface area contributed by atoms with E-state index in [2.05, 4.69) is 5.48 Å². The number of hydrogen-bond acceptors (Lipinski definition) is 4. The van der Waals surface area contributed by atoms with E-state index in [9.17, 15) is 0 Å². The quantitative estimate of drug-likeness (QED) is 0.365. The molecule has 0 atom stereocenters. The average molecular weight is 196 g/mol. The molecule has 0 saturated heterocycles. The molecule has 0 fully saturated rings. The molecule has 1 aromatic carbocycles. The highest BCUT2D eigenvalue weighted by atomic mass is 16.6. The second-order valence-electron chi connectivity index (χ2n) is 3.00. The summed E-state index contributed by atoms with van der Waals surface area (Å²) < 4.78 is 0. The fourth-order valence-electron chi connectivity index (χ4n) is 0.972. The molecule has 1 aromatic rings. The summed E-state index contributed by atoms with van der Waals surface area (Å²) in [5.41, 5.74) is 9.93. The molecule has 0 aliphatic carbocycles. The minimum Gasteiger partial charge on any atom is -0.399 e. The highest BCUT2D eigenvalue weighted by Gasteiger charge is 1.91. The number of nitrogens with two attached hydrogens (primary N) is 1. The lowest BCUT2D eigenvalue weighted by atomic mass is 10.3. The van der Waals surface area contributed by atoms with Gasteiger partial charge < -0.3 is 10.8 Å². The number of benzene rings is 1. The standard InChI is InChI=1S/C10H16N2O2/c11-9-3-5-10(6-4-9)12-14-8-2-1-7-13/h3-6,12-13H,1-2,7-8,11H2. The van der Waals surface area contributed by atoms with E-state index < -0.39 is 0 Å². The predicted molar refractivity (Wildman–Crippen MR) is 56.7 cm³/mol. The Kier molecular flexibility index (Phi) is 4.82. The fourth-order valence-corrected chi connectivity index (χ4v) is 0.972. The smallest absolute Gasteiger partial charge is 0.0746 e.